The molecule has 22 heavy (non-hydrogen) atoms. The molecule has 0 aliphatic rings. The van der Waals surface area contributed by atoms with E-state index in [0.717, 1.165) is 12.0 Å². The van der Waals surface area contributed by atoms with E-state index in [2.05, 4.69) is 41.2 Å². The highest BCUT2D eigenvalue weighted by Gasteiger charge is 2.02. The van der Waals surface area contributed by atoms with E-state index in [0.29, 0.717) is 11.4 Å². The second-order valence-electron chi connectivity index (χ2n) is 5.62. The molecule has 0 aliphatic carbocycles. The van der Waals surface area contributed by atoms with E-state index in [1.165, 1.54) is 44.1 Å². The van der Waals surface area contributed by atoms with Crippen LogP contribution in [0.3, 0.4) is 0 Å². The molecule has 0 radical (unpaired) electrons. The van der Waals surface area contributed by atoms with Crippen molar-refractivity contribution in [1.82, 2.24) is 9.97 Å². The van der Waals surface area contributed by atoms with Crippen LogP contribution >= 0.6 is 0 Å². The van der Waals surface area contributed by atoms with E-state index in [9.17, 15) is 0 Å². The van der Waals surface area contributed by atoms with Crippen LogP contribution in [0.4, 0.5) is 0 Å². The number of aryl methyl sites for hydroxylation is 1. The third kappa shape index (κ3) is 4.96. The molecular formula is C19H23N3. The summed E-state index contributed by atoms with van der Waals surface area (Å²) in [6.45, 7) is 2.25. The highest BCUT2D eigenvalue weighted by molar-refractivity contribution is 5.55. The number of nitriles is 1. The van der Waals surface area contributed by atoms with Crippen LogP contribution in [0.15, 0.2) is 36.7 Å². The Labute approximate surface area is 133 Å². The zero-order valence-electron chi connectivity index (χ0n) is 13.3. The highest BCUT2D eigenvalue weighted by atomic mass is 14.9. The fourth-order valence-electron chi connectivity index (χ4n) is 2.46. The second-order valence-corrected chi connectivity index (χ2v) is 5.62. The van der Waals surface area contributed by atoms with Gasteiger partial charge in [-0.1, -0.05) is 63.3 Å². The monoisotopic (exact) mass is 293 g/mol. The quantitative estimate of drug-likeness (QED) is 0.649. The van der Waals surface area contributed by atoms with Gasteiger partial charge in [-0.2, -0.15) is 5.26 Å². The standard InChI is InChI=1S/C19H23N3/c1-2-3-4-5-6-7-8-16-9-11-18(12-10-16)19-21-14-17(13-20)15-22-19/h9-12,14-15H,2-8H2,1H3. The first-order chi connectivity index (χ1) is 10.8. The number of hydrogen-bond donors (Lipinski definition) is 0. The average Bonchev–Trinajstić information content (AvgIpc) is 2.59. The van der Waals surface area contributed by atoms with E-state index in [1.807, 2.05) is 6.07 Å². The van der Waals surface area contributed by atoms with Crippen molar-refractivity contribution in [2.24, 2.45) is 0 Å². The summed E-state index contributed by atoms with van der Waals surface area (Å²) in [5.74, 6) is 0.671. The zero-order chi connectivity index (χ0) is 15.6. The molecule has 3 heteroatoms. The van der Waals surface area contributed by atoms with E-state index < -0.39 is 0 Å². The Morgan fingerprint density at radius 3 is 2.18 bits per heavy atom. The van der Waals surface area contributed by atoms with Crippen molar-refractivity contribution in [3.8, 4) is 17.5 Å². The minimum atomic E-state index is 0.489. The molecule has 1 heterocycles. The number of rotatable bonds is 8. The summed E-state index contributed by atoms with van der Waals surface area (Å²) < 4.78 is 0. The minimum Gasteiger partial charge on any atom is -0.235 e. The van der Waals surface area contributed by atoms with Gasteiger partial charge < -0.3 is 0 Å². The van der Waals surface area contributed by atoms with Gasteiger partial charge in [-0.3, -0.25) is 0 Å². The van der Waals surface area contributed by atoms with Gasteiger partial charge in [0.05, 0.1) is 5.56 Å². The Morgan fingerprint density at radius 1 is 0.909 bits per heavy atom. The van der Waals surface area contributed by atoms with Crippen LogP contribution in [0.2, 0.25) is 0 Å². The summed E-state index contributed by atoms with van der Waals surface area (Å²) in [7, 11) is 0. The molecule has 0 atom stereocenters. The molecule has 1 aromatic carbocycles. The van der Waals surface area contributed by atoms with Gasteiger partial charge in [-0.25, -0.2) is 9.97 Å². The van der Waals surface area contributed by atoms with Crippen molar-refractivity contribution in [3.05, 3.63) is 47.8 Å². The normalized spacial score (nSPS) is 10.4. The largest absolute Gasteiger partial charge is 0.235 e. The van der Waals surface area contributed by atoms with Crippen molar-refractivity contribution in [2.75, 3.05) is 0 Å². The Bertz CT molecular complexity index is 594. The van der Waals surface area contributed by atoms with Crippen molar-refractivity contribution in [3.63, 3.8) is 0 Å². The molecule has 0 amide bonds. The predicted octanol–water partition coefficient (Wildman–Crippen LogP) is 4.92. The third-order valence-corrected chi connectivity index (χ3v) is 3.81. The fraction of sp³-hybridized carbons (Fsp3) is 0.421. The smallest absolute Gasteiger partial charge is 0.159 e. The van der Waals surface area contributed by atoms with Gasteiger partial charge in [-0.05, 0) is 18.4 Å². The lowest BCUT2D eigenvalue weighted by atomic mass is 10.0. The van der Waals surface area contributed by atoms with E-state index in [1.54, 1.807) is 12.4 Å². The summed E-state index contributed by atoms with van der Waals surface area (Å²) in [5.41, 5.74) is 2.85. The van der Waals surface area contributed by atoms with Gasteiger partial charge in [0, 0.05) is 18.0 Å². The first-order valence-corrected chi connectivity index (χ1v) is 8.15. The second kappa shape index (κ2) is 8.94. The van der Waals surface area contributed by atoms with Gasteiger partial charge in [0.2, 0.25) is 0 Å². The number of benzene rings is 1. The van der Waals surface area contributed by atoms with E-state index >= 15 is 0 Å². The number of nitrogens with zero attached hydrogens (tertiary/aromatic N) is 3. The topological polar surface area (TPSA) is 49.6 Å². The van der Waals surface area contributed by atoms with Crippen molar-refractivity contribution in [2.45, 2.75) is 51.9 Å². The Morgan fingerprint density at radius 2 is 1.55 bits per heavy atom. The van der Waals surface area contributed by atoms with E-state index in [4.69, 9.17) is 5.26 Å². The maximum Gasteiger partial charge on any atom is 0.159 e. The summed E-state index contributed by atoms with van der Waals surface area (Å²) >= 11 is 0. The molecule has 2 aromatic rings. The maximum absolute atomic E-state index is 8.76. The number of aromatic nitrogens is 2. The lowest BCUT2D eigenvalue weighted by Crippen LogP contribution is -1.91. The lowest BCUT2D eigenvalue weighted by molar-refractivity contribution is 0.607. The Hall–Kier alpha value is -2.21. The number of unbranched alkanes of at least 4 members (excludes halogenated alkanes) is 5. The van der Waals surface area contributed by atoms with Gasteiger partial charge in [0.15, 0.2) is 5.82 Å². The van der Waals surface area contributed by atoms with Gasteiger partial charge in [0.25, 0.3) is 0 Å². The summed E-state index contributed by atoms with van der Waals surface area (Å²) in [5, 5.41) is 8.76. The third-order valence-electron chi connectivity index (χ3n) is 3.81. The zero-order valence-corrected chi connectivity index (χ0v) is 13.3. The SMILES string of the molecule is CCCCCCCCc1ccc(-c2ncc(C#N)cn2)cc1. The molecule has 0 spiro atoms. The molecule has 114 valence electrons. The highest BCUT2D eigenvalue weighted by Crippen LogP contribution is 2.17. The van der Waals surface area contributed by atoms with Crippen LogP contribution < -0.4 is 0 Å². The summed E-state index contributed by atoms with van der Waals surface area (Å²) in [6.07, 6.45) is 12.2. The molecule has 0 bridgehead atoms. The molecule has 0 saturated heterocycles. The first kappa shape index (κ1) is 16.2. The van der Waals surface area contributed by atoms with Crippen molar-refractivity contribution < 1.29 is 0 Å². The van der Waals surface area contributed by atoms with Gasteiger partial charge in [0.1, 0.15) is 6.07 Å². The molecule has 0 fully saturated rings. The molecule has 0 N–H and O–H groups in total. The van der Waals surface area contributed by atoms with Crippen LogP contribution in [0.1, 0.15) is 56.6 Å². The lowest BCUT2D eigenvalue weighted by Gasteiger charge is -2.04. The fourth-order valence-corrected chi connectivity index (χ4v) is 2.46. The Kier molecular flexibility index (Phi) is 6.57. The van der Waals surface area contributed by atoms with Crippen LogP contribution in [0, 0.1) is 11.3 Å². The molecule has 0 unspecified atom stereocenters. The van der Waals surface area contributed by atoms with Crippen molar-refractivity contribution in [1.29, 1.82) is 5.26 Å². The van der Waals surface area contributed by atoms with Crippen LogP contribution in [-0.2, 0) is 6.42 Å². The van der Waals surface area contributed by atoms with Crippen LogP contribution in [-0.4, -0.2) is 9.97 Å². The molecule has 0 saturated carbocycles. The van der Waals surface area contributed by atoms with Gasteiger partial charge in [-0.15, -0.1) is 0 Å². The predicted molar refractivity (Wildman–Crippen MR) is 89.3 cm³/mol. The van der Waals surface area contributed by atoms with E-state index in [-0.39, 0.29) is 0 Å². The average molecular weight is 293 g/mol. The number of hydrogen-bond acceptors (Lipinski definition) is 3. The van der Waals surface area contributed by atoms with Crippen molar-refractivity contribution >= 4 is 0 Å². The minimum absolute atomic E-state index is 0.489. The van der Waals surface area contributed by atoms with Crippen LogP contribution in [0.5, 0.6) is 0 Å². The van der Waals surface area contributed by atoms with Gasteiger partial charge >= 0.3 is 0 Å². The molecular weight excluding hydrogens is 270 g/mol. The molecule has 1 aromatic heterocycles. The molecule has 3 nitrogen and oxygen atoms in total. The first-order valence-electron chi connectivity index (χ1n) is 8.15. The van der Waals surface area contributed by atoms with Crippen LogP contribution in [0.25, 0.3) is 11.4 Å². The molecule has 0 aliphatic heterocycles. The summed E-state index contributed by atoms with van der Waals surface area (Å²) in [6, 6.07) is 10.5. The Balaban J connectivity index is 1.83. The maximum atomic E-state index is 8.76. The molecule has 2 rings (SSSR count). The summed E-state index contributed by atoms with van der Waals surface area (Å²) in [4.78, 5) is 8.44.